The number of carbonyl (C=O) groups is 3. The lowest BCUT2D eigenvalue weighted by atomic mass is 9.84. The number of ketones is 1. The lowest BCUT2D eigenvalue weighted by Crippen LogP contribution is -2.44. The molecular formula is C28H56N2O5. The van der Waals surface area contributed by atoms with Gasteiger partial charge in [-0.05, 0) is 50.4 Å². The molecule has 0 aliphatic heterocycles. The zero-order valence-electron chi connectivity index (χ0n) is 24.3. The standard InChI is InChI=1S/C24H44N2O5.2C2H6/c1-18(17-24(3,4)5)16-23(29)26-21-8-6-20(7-9-21)25-22(28)11-13-31-15-14-30-12-10-19(2)27;2*1-2/h18,20-21H,6-17H2,1-5H3,(H,25,28)(H,26,29);2*1-2H3. The fourth-order valence-electron chi connectivity index (χ4n) is 4.11. The van der Waals surface area contributed by atoms with Crippen molar-refractivity contribution in [1.29, 1.82) is 0 Å². The molecule has 0 aromatic rings. The van der Waals surface area contributed by atoms with Crippen LogP contribution in [0.15, 0.2) is 0 Å². The number of amides is 2. The second-order valence-electron chi connectivity index (χ2n) is 10.2. The Morgan fingerprint density at radius 1 is 0.771 bits per heavy atom. The Labute approximate surface area is 215 Å². The first-order chi connectivity index (χ1) is 16.5. The van der Waals surface area contributed by atoms with Crippen LogP contribution in [0, 0.1) is 11.3 Å². The number of rotatable bonds is 14. The van der Waals surface area contributed by atoms with Gasteiger partial charge >= 0.3 is 0 Å². The number of hydrogen-bond donors (Lipinski definition) is 2. The van der Waals surface area contributed by atoms with Crippen LogP contribution in [0.4, 0.5) is 0 Å². The average Bonchev–Trinajstić information content (AvgIpc) is 2.78. The van der Waals surface area contributed by atoms with E-state index in [2.05, 4.69) is 38.3 Å². The van der Waals surface area contributed by atoms with Gasteiger partial charge in [0.2, 0.25) is 11.8 Å². The highest BCUT2D eigenvalue weighted by molar-refractivity contribution is 5.77. The van der Waals surface area contributed by atoms with Crippen molar-refractivity contribution in [3.8, 4) is 0 Å². The minimum absolute atomic E-state index is 0.000915. The molecule has 0 aromatic heterocycles. The van der Waals surface area contributed by atoms with Gasteiger partial charge in [-0.1, -0.05) is 55.4 Å². The molecule has 1 rings (SSSR count). The van der Waals surface area contributed by atoms with Crippen molar-refractivity contribution >= 4 is 17.6 Å². The number of nitrogens with one attached hydrogen (secondary N) is 2. The minimum atomic E-state index is 0.000915. The lowest BCUT2D eigenvalue weighted by Gasteiger charge is -2.30. The summed E-state index contributed by atoms with van der Waals surface area (Å²) in [4.78, 5) is 35.2. The van der Waals surface area contributed by atoms with Crippen LogP contribution in [0.2, 0.25) is 0 Å². The van der Waals surface area contributed by atoms with E-state index in [0.29, 0.717) is 51.6 Å². The van der Waals surface area contributed by atoms with Crippen LogP contribution in [0.25, 0.3) is 0 Å². The van der Waals surface area contributed by atoms with Gasteiger partial charge in [-0.3, -0.25) is 14.4 Å². The van der Waals surface area contributed by atoms with Crippen LogP contribution >= 0.6 is 0 Å². The summed E-state index contributed by atoms with van der Waals surface area (Å²) in [5, 5.41) is 6.25. The Bertz CT molecular complexity index is 552. The highest BCUT2D eigenvalue weighted by Crippen LogP contribution is 2.26. The van der Waals surface area contributed by atoms with Gasteiger partial charge in [-0.25, -0.2) is 0 Å². The lowest BCUT2D eigenvalue weighted by molar-refractivity contribution is -0.124. The molecule has 0 aromatic carbocycles. The summed E-state index contributed by atoms with van der Waals surface area (Å²) in [6, 6.07) is 0.393. The predicted octanol–water partition coefficient (Wildman–Crippen LogP) is 5.45. The highest BCUT2D eigenvalue weighted by Gasteiger charge is 2.24. The van der Waals surface area contributed by atoms with Gasteiger partial charge in [0.05, 0.1) is 26.4 Å². The Morgan fingerprint density at radius 3 is 1.63 bits per heavy atom. The molecule has 1 atom stereocenters. The molecule has 1 unspecified atom stereocenters. The summed E-state index contributed by atoms with van der Waals surface area (Å²) in [7, 11) is 0. The van der Waals surface area contributed by atoms with Crippen LogP contribution in [0.5, 0.6) is 0 Å². The fourth-order valence-corrected chi connectivity index (χ4v) is 4.11. The van der Waals surface area contributed by atoms with Crippen LogP contribution in [-0.2, 0) is 23.9 Å². The predicted molar refractivity (Wildman–Crippen MR) is 144 cm³/mol. The molecule has 1 aliphatic rings. The van der Waals surface area contributed by atoms with Gasteiger partial charge < -0.3 is 20.1 Å². The van der Waals surface area contributed by atoms with Crippen molar-refractivity contribution in [2.45, 2.75) is 126 Å². The second-order valence-corrected chi connectivity index (χ2v) is 10.2. The summed E-state index contributed by atoms with van der Waals surface area (Å²) >= 11 is 0. The molecule has 0 spiro atoms. The molecule has 1 aliphatic carbocycles. The third kappa shape index (κ3) is 22.7. The first-order valence-corrected chi connectivity index (χ1v) is 13.8. The van der Waals surface area contributed by atoms with E-state index in [1.54, 1.807) is 0 Å². The first kappa shape index (κ1) is 35.7. The molecule has 2 amide bonds. The van der Waals surface area contributed by atoms with Gasteiger partial charge in [0, 0.05) is 31.3 Å². The summed E-state index contributed by atoms with van der Waals surface area (Å²) in [6.07, 6.45) is 5.95. The highest BCUT2D eigenvalue weighted by atomic mass is 16.5. The molecule has 1 fully saturated rings. The van der Waals surface area contributed by atoms with Gasteiger partial charge in [0.25, 0.3) is 0 Å². The number of hydrogen-bond acceptors (Lipinski definition) is 5. The maximum Gasteiger partial charge on any atom is 0.222 e. The van der Waals surface area contributed by atoms with Crippen LogP contribution in [0.1, 0.15) is 114 Å². The van der Waals surface area contributed by atoms with Crippen LogP contribution < -0.4 is 10.6 Å². The fraction of sp³-hybridized carbons (Fsp3) is 0.893. The van der Waals surface area contributed by atoms with Crippen molar-refractivity contribution in [2.75, 3.05) is 26.4 Å². The summed E-state index contributed by atoms with van der Waals surface area (Å²) in [5.74, 6) is 0.636. The maximum atomic E-state index is 12.3. The van der Waals surface area contributed by atoms with Crippen molar-refractivity contribution in [1.82, 2.24) is 10.6 Å². The smallest absolute Gasteiger partial charge is 0.222 e. The maximum absolute atomic E-state index is 12.3. The molecule has 1 saturated carbocycles. The van der Waals surface area contributed by atoms with E-state index in [1.807, 2.05) is 27.7 Å². The van der Waals surface area contributed by atoms with E-state index < -0.39 is 0 Å². The van der Waals surface area contributed by atoms with Gasteiger partial charge in [-0.15, -0.1) is 0 Å². The van der Waals surface area contributed by atoms with Gasteiger partial charge in [-0.2, -0.15) is 0 Å². The van der Waals surface area contributed by atoms with E-state index >= 15 is 0 Å². The molecular weight excluding hydrogens is 444 g/mol. The number of Topliss-reactive ketones (excluding diaryl/α,β-unsaturated/α-hetero) is 1. The van der Waals surface area contributed by atoms with Crippen LogP contribution in [-0.4, -0.2) is 56.1 Å². The topological polar surface area (TPSA) is 93.7 Å². The minimum Gasteiger partial charge on any atom is -0.379 e. The Balaban J connectivity index is 0. The van der Waals surface area contributed by atoms with E-state index in [-0.39, 0.29) is 35.1 Å². The monoisotopic (exact) mass is 500 g/mol. The SMILES string of the molecule is CC.CC.CC(=O)CCOCCOCCC(=O)NC1CCC(NC(=O)CC(C)CC(C)(C)C)CC1. The van der Waals surface area contributed by atoms with Gasteiger partial charge in [0.1, 0.15) is 5.78 Å². The average molecular weight is 501 g/mol. The molecule has 7 heteroatoms. The molecule has 0 radical (unpaired) electrons. The summed E-state index contributed by atoms with van der Waals surface area (Å²) in [6.45, 7) is 19.9. The molecule has 208 valence electrons. The molecule has 2 N–H and O–H groups in total. The van der Waals surface area contributed by atoms with Crippen LogP contribution in [0.3, 0.4) is 0 Å². The summed E-state index contributed by atoms with van der Waals surface area (Å²) in [5.41, 5.74) is 0.241. The Kier molecular flexibility index (Phi) is 22.2. The number of ether oxygens (including phenoxy) is 2. The molecule has 7 nitrogen and oxygen atoms in total. The molecule has 0 heterocycles. The zero-order valence-corrected chi connectivity index (χ0v) is 24.3. The molecule has 0 bridgehead atoms. The van der Waals surface area contributed by atoms with E-state index in [9.17, 15) is 14.4 Å². The van der Waals surface area contributed by atoms with Crippen molar-refractivity contribution in [3.63, 3.8) is 0 Å². The second kappa shape index (κ2) is 21.8. The Hall–Kier alpha value is -1.47. The van der Waals surface area contributed by atoms with E-state index in [0.717, 1.165) is 32.1 Å². The van der Waals surface area contributed by atoms with E-state index in [1.165, 1.54) is 6.92 Å². The van der Waals surface area contributed by atoms with Crippen molar-refractivity contribution in [3.05, 3.63) is 0 Å². The quantitative estimate of drug-likeness (QED) is 0.309. The van der Waals surface area contributed by atoms with Gasteiger partial charge in [0.15, 0.2) is 0 Å². The third-order valence-electron chi connectivity index (χ3n) is 5.40. The van der Waals surface area contributed by atoms with E-state index in [4.69, 9.17) is 9.47 Å². The largest absolute Gasteiger partial charge is 0.379 e. The van der Waals surface area contributed by atoms with Crippen molar-refractivity contribution < 1.29 is 23.9 Å². The first-order valence-electron chi connectivity index (χ1n) is 13.8. The molecule has 0 saturated heterocycles. The number of carbonyl (C=O) groups excluding carboxylic acids is 3. The Morgan fingerprint density at radius 2 is 1.20 bits per heavy atom. The summed E-state index contributed by atoms with van der Waals surface area (Å²) < 4.78 is 10.7. The molecule has 35 heavy (non-hydrogen) atoms. The normalized spacial score (nSPS) is 18.2. The van der Waals surface area contributed by atoms with Crippen molar-refractivity contribution in [2.24, 2.45) is 11.3 Å². The zero-order chi connectivity index (χ0) is 27.3. The third-order valence-corrected chi connectivity index (χ3v) is 5.40.